The van der Waals surface area contributed by atoms with E-state index in [2.05, 4.69) is 20.7 Å². The fourth-order valence-corrected chi connectivity index (χ4v) is 2.06. The molecule has 1 aromatic heterocycles. The molecule has 0 aliphatic heterocycles. The van der Waals surface area contributed by atoms with Gasteiger partial charge in [-0.05, 0) is 29.3 Å². The van der Waals surface area contributed by atoms with Gasteiger partial charge in [0, 0.05) is 13.0 Å². The predicted octanol–water partition coefficient (Wildman–Crippen LogP) is 0.615. The molecule has 0 bridgehead atoms. The molecule has 1 aromatic carbocycles. The minimum absolute atomic E-state index is 0.0273. The molecule has 23 heavy (non-hydrogen) atoms. The number of aliphatic hydroxyl groups is 1. The lowest BCUT2D eigenvalue weighted by atomic mass is 10.1. The Kier molecular flexibility index (Phi) is 5.87. The Bertz CT molecular complexity index is 628. The Balaban J connectivity index is 2.12. The first-order chi connectivity index (χ1) is 11.1. The molecule has 0 saturated carbocycles. The lowest BCUT2D eigenvalue weighted by Crippen LogP contribution is -2.29. The van der Waals surface area contributed by atoms with Crippen LogP contribution >= 0.6 is 0 Å². The summed E-state index contributed by atoms with van der Waals surface area (Å²) in [6.07, 6.45) is -0.261. The maximum Gasteiger partial charge on any atom is 0.405 e. The molecular formula is C14H19N5O4. The minimum Gasteiger partial charge on any atom is -0.497 e. The van der Waals surface area contributed by atoms with Gasteiger partial charge in [0.15, 0.2) is 5.82 Å². The predicted molar refractivity (Wildman–Crippen MR) is 80.1 cm³/mol. The number of hydrogen-bond acceptors (Lipinski definition) is 6. The molecule has 2 rings (SSSR count). The molecule has 0 saturated heterocycles. The van der Waals surface area contributed by atoms with Crippen molar-refractivity contribution in [2.24, 2.45) is 0 Å². The van der Waals surface area contributed by atoms with Gasteiger partial charge < -0.3 is 20.3 Å². The van der Waals surface area contributed by atoms with Crippen molar-refractivity contribution in [3.63, 3.8) is 0 Å². The van der Waals surface area contributed by atoms with Crippen LogP contribution in [0, 0.1) is 0 Å². The second-order valence-corrected chi connectivity index (χ2v) is 4.87. The molecule has 9 nitrogen and oxygen atoms in total. The van der Waals surface area contributed by atoms with Crippen LogP contribution in [-0.2, 0) is 13.0 Å². The van der Waals surface area contributed by atoms with Gasteiger partial charge in [0.1, 0.15) is 11.8 Å². The summed E-state index contributed by atoms with van der Waals surface area (Å²) in [6.45, 7) is 0.450. The summed E-state index contributed by atoms with van der Waals surface area (Å²) < 4.78 is 5.10. The smallest absolute Gasteiger partial charge is 0.405 e. The summed E-state index contributed by atoms with van der Waals surface area (Å²) in [5.41, 5.74) is 0.913. The third kappa shape index (κ3) is 4.92. The Morgan fingerprint density at radius 1 is 1.39 bits per heavy atom. The summed E-state index contributed by atoms with van der Waals surface area (Å²) >= 11 is 0. The Morgan fingerprint density at radius 2 is 2.13 bits per heavy atom. The van der Waals surface area contributed by atoms with Crippen LogP contribution in [0.4, 0.5) is 4.79 Å². The SMILES string of the molecule is COc1ccc(CC(NC(=O)O)c2nnn(CCCO)n2)cc1. The van der Waals surface area contributed by atoms with E-state index in [0.717, 1.165) is 11.3 Å². The molecule has 0 fully saturated rings. The highest BCUT2D eigenvalue weighted by molar-refractivity contribution is 5.65. The number of carbonyl (C=O) groups is 1. The zero-order valence-electron chi connectivity index (χ0n) is 12.7. The van der Waals surface area contributed by atoms with Gasteiger partial charge in [-0.25, -0.2) is 4.79 Å². The van der Waals surface area contributed by atoms with Gasteiger partial charge in [-0.3, -0.25) is 0 Å². The third-order valence-electron chi connectivity index (χ3n) is 3.19. The number of aromatic nitrogens is 4. The van der Waals surface area contributed by atoms with Crippen LogP contribution in [0.1, 0.15) is 23.9 Å². The molecule has 1 unspecified atom stereocenters. The van der Waals surface area contributed by atoms with Gasteiger partial charge in [0.2, 0.25) is 0 Å². The quantitative estimate of drug-likeness (QED) is 0.651. The number of carboxylic acid groups (broad SMARTS) is 1. The van der Waals surface area contributed by atoms with Gasteiger partial charge in [-0.1, -0.05) is 12.1 Å². The molecule has 2 aromatic rings. The van der Waals surface area contributed by atoms with E-state index in [1.54, 1.807) is 19.2 Å². The molecule has 9 heteroatoms. The second kappa shape index (κ2) is 8.08. The highest BCUT2D eigenvalue weighted by atomic mass is 16.5. The fraction of sp³-hybridized carbons (Fsp3) is 0.429. The summed E-state index contributed by atoms with van der Waals surface area (Å²) in [6, 6.07) is 6.71. The minimum atomic E-state index is -1.16. The van der Waals surface area contributed by atoms with Crippen LogP contribution in [0.3, 0.4) is 0 Å². The number of ether oxygens (including phenoxy) is 1. The summed E-state index contributed by atoms with van der Waals surface area (Å²) in [7, 11) is 1.58. The Hall–Kier alpha value is -2.68. The van der Waals surface area contributed by atoms with E-state index in [4.69, 9.17) is 14.9 Å². The number of nitrogens with one attached hydrogen (secondary N) is 1. The van der Waals surface area contributed by atoms with Crippen molar-refractivity contribution >= 4 is 6.09 Å². The number of rotatable bonds is 8. The van der Waals surface area contributed by atoms with Crippen molar-refractivity contribution in [2.75, 3.05) is 13.7 Å². The molecule has 124 valence electrons. The summed E-state index contributed by atoms with van der Waals surface area (Å²) in [5, 5.41) is 32.1. The normalized spacial score (nSPS) is 11.9. The number of methoxy groups -OCH3 is 1. The molecule has 0 aliphatic rings. The average Bonchev–Trinajstić information content (AvgIpc) is 3.01. The lowest BCUT2D eigenvalue weighted by Gasteiger charge is -2.13. The molecule has 1 heterocycles. The first-order valence-corrected chi connectivity index (χ1v) is 7.13. The van der Waals surface area contributed by atoms with E-state index in [1.807, 2.05) is 12.1 Å². The van der Waals surface area contributed by atoms with Crippen molar-refractivity contribution in [1.29, 1.82) is 0 Å². The van der Waals surface area contributed by atoms with Crippen LogP contribution in [0.5, 0.6) is 5.75 Å². The average molecular weight is 321 g/mol. The van der Waals surface area contributed by atoms with Crippen LogP contribution in [0.2, 0.25) is 0 Å². The first-order valence-electron chi connectivity index (χ1n) is 7.13. The van der Waals surface area contributed by atoms with Crippen molar-refractivity contribution in [1.82, 2.24) is 25.5 Å². The van der Waals surface area contributed by atoms with E-state index in [0.29, 0.717) is 25.2 Å². The number of aliphatic hydroxyl groups excluding tert-OH is 1. The highest BCUT2D eigenvalue weighted by Gasteiger charge is 2.20. The first kappa shape index (κ1) is 16.7. The van der Waals surface area contributed by atoms with E-state index < -0.39 is 12.1 Å². The molecule has 3 N–H and O–H groups in total. The van der Waals surface area contributed by atoms with Crippen molar-refractivity contribution in [3.8, 4) is 5.75 Å². The molecular weight excluding hydrogens is 302 g/mol. The van der Waals surface area contributed by atoms with Gasteiger partial charge in [0.25, 0.3) is 0 Å². The van der Waals surface area contributed by atoms with Gasteiger partial charge in [-0.2, -0.15) is 4.80 Å². The summed E-state index contributed by atoms with van der Waals surface area (Å²) in [4.78, 5) is 12.3. The molecule has 1 atom stereocenters. The number of hydrogen-bond donors (Lipinski definition) is 3. The maximum absolute atomic E-state index is 11.0. The van der Waals surface area contributed by atoms with Crippen LogP contribution in [0.15, 0.2) is 24.3 Å². The van der Waals surface area contributed by atoms with Crippen molar-refractivity contribution in [3.05, 3.63) is 35.7 Å². The van der Waals surface area contributed by atoms with E-state index in [1.165, 1.54) is 4.80 Å². The Labute approximate surface area is 132 Å². The highest BCUT2D eigenvalue weighted by Crippen LogP contribution is 2.18. The Morgan fingerprint density at radius 3 is 2.74 bits per heavy atom. The largest absolute Gasteiger partial charge is 0.497 e. The maximum atomic E-state index is 11.0. The number of amides is 1. The van der Waals surface area contributed by atoms with Crippen LogP contribution in [-0.4, -0.2) is 50.2 Å². The topological polar surface area (TPSA) is 122 Å². The van der Waals surface area contributed by atoms with Gasteiger partial charge in [-0.15, -0.1) is 10.2 Å². The number of nitrogens with zero attached hydrogens (tertiary/aromatic N) is 4. The zero-order chi connectivity index (χ0) is 16.7. The van der Waals surface area contributed by atoms with E-state index >= 15 is 0 Å². The molecule has 1 amide bonds. The number of benzene rings is 1. The van der Waals surface area contributed by atoms with E-state index in [-0.39, 0.29) is 6.61 Å². The summed E-state index contributed by atoms with van der Waals surface area (Å²) in [5.74, 6) is 1.02. The van der Waals surface area contributed by atoms with Crippen molar-refractivity contribution in [2.45, 2.75) is 25.4 Å². The van der Waals surface area contributed by atoms with Crippen LogP contribution in [0.25, 0.3) is 0 Å². The number of aryl methyl sites for hydroxylation is 1. The second-order valence-electron chi connectivity index (χ2n) is 4.87. The molecule has 0 aliphatic carbocycles. The van der Waals surface area contributed by atoms with Crippen molar-refractivity contribution < 1.29 is 19.7 Å². The third-order valence-corrected chi connectivity index (χ3v) is 3.19. The standard InChI is InChI=1S/C14H19N5O4/c1-23-11-5-3-10(4-6-11)9-12(15-14(21)22)13-16-18-19(17-13)7-2-8-20/h3-6,12,15,20H,2,7-9H2,1H3,(H,21,22). The van der Waals surface area contributed by atoms with Crippen LogP contribution < -0.4 is 10.1 Å². The lowest BCUT2D eigenvalue weighted by molar-refractivity contribution is 0.189. The molecule has 0 radical (unpaired) electrons. The molecule has 0 spiro atoms. The van der Waals surface area contributed by atoms with E-state index in [9.17, 15) is 4.79 Å². The number of tetrazole rings is 1. The fourth-order valence-electron chi connectivity index (χ4n) is 2.06. The van der Waals surface area contributed by atoms with Gasteiger partial charge >= 0.3 is 6.09 Å². The monoisotopic (exact) mass is 321 g/mol. The zero-order valence-corrected chi connectivity index (χ0v) is 12.7. The van der Waals surface area contributed by atoms with Gasteiger partial charge in [0.05, 0.1) is 13.7 Å².